The van der Waals surface area contributed by atoms with E-state index in [2.05, 4.69) is 0 Å². The molecule has 0 bridgehead atoms. The van der Waals surface area contributed by atoms with Crippen LogP contribution in [-0.4, -0.2) is 20.0 Å². The first kappa shape index (κ1) is 15.2. The van der Waals surface area contributed by atoms with Crippen LogP contribution in [0.15, 0.2) is 48.5 Å². The number of rotatable bonds is 4. The zero-order valence-electron chi connectivity index (χ0n) is 13.2. The summed E-state index contributed by atoms with van der Waals surface area (Å²) in [5, 5.41) is 2.52. The molecule has 2 heterocycles. The number of ketones is 1. The van der Waals surface area contributed by atoms with Gasteiger partial charge in [-0.25, -0.2) is 0 Å². The van der Waals surface area contributed by atoms with Gasteiger partial charge < -0.3 is 9.47 Å². The number of hydrogen-bond acceptors (Lipinski definition) is 5. The summed E-state index contributed by atoms with van der Waals surface area (Å²) in [5.41, 5.74) is 0.614. The first-order valence-electron chi connectivity index (χ1n) is 7.40. The standard InChI is InChI=1S/C19H14O3S2/c1-21-17-12-8-4-6-10-14(12)23-18(17)16(20)15-11-7-3-5-9-13(11)24-19(15)22-2/h3-10H,1-2H3. The van der Waals surface area contributed by atoms with E-state index >= 15 is 0 Å². The molecule has 0 aliphatic heterocycles. The quantitative estimate of drug-likeness (QED) is 0.463. The number of thiophene rings is 2. The van der Waals surface area contributed by atoms with Gasteiger partial charge in [0.15, 0.2) is 5.06 Å². The highest BCUT2D eigenvalue weighted by atomic mass is 32.1. The Morgan fingerprint density at radius 1 is 0.833 bits per heavy atom. The van der Waals surface area contributed by atoms with Gasteiger partial charge in [0.1, 0.15) is 10.6 Å². The van der Waals surface area contributed by atoms with Gasteiger partial charge in [-0.3, -0.25) is 4.79 Å². The molecule has 0 aliphatic carbocycles. The second-order valence-corrected chi connectivity index (χ2v) is 7.32. The molecular weight excluding hydrogens is 340 g/mol. The third-order valence-corrected chi connectivity index (χ3v) is 6.22. The monoisotopic (exact) mass is 354 g/mol. The van der Waals surface area contributed by atoms with E-state index in [0.29, 0.717) is 21.3 Å². The molecule has 0 atom stereocenters. The fourth-order valence-electron chi connectivity index (χ4n) is 2.87. The Kier molecular flexibility index (Phi) is 3.75. The van der Waals surface area contributed by atoms with Gasteiger partial charge in [-0.05, 0) is 18.2 Å². The Bertz CT molecular complexity index is 1060. The number of methoxy groups -OCH3 is 2. The van der Waals surface area contributed by atoms with Crippen molar-refractivity contribution in [1.82, 2.24) is 0 Å². The fraction of sp³-hybridized carbons (Fsp3) is 0.105. The summed E-state index contributed by atoms with van der Waals surface area (Å²) in [6, 6.07) is 15.8. The molecule has 0 fully saturated rings. The molecule has 4 rings (SSSR count). The average Bonchev–Trinajstić information content (AvgIpc) is 3.18. The molecule has 0 spiro atoms. The number of fused-ring (bicyclic) bond motifs is 2. The SMILES string of the molecule is COc1sc2ccccc2c1C(=O)c1sc2ccccc2c1OC. The van der Waals surface area contributed by atoms with E-state index in [-0.39, 0.29) is 5.78 Å². The summed E-state index contributed by atoms with van der Waals surface area (Å²) in [4.78, 5) is 13.9. The van der Waals surface area contributed by atoms with E-state index < -0.39 is 0 Å². The minimum atomic E-state index is -0.0534. The van der Waals surface area contributed by atoms with Crippen LogP contribution in [0.4, 0.5) is 0 Å². The summed E-state index contributed by atoms with van der Waals surface area (Å²) in [7, 11) is 3.21. The maximum absolute atomic E-state index is 13.3. The van der Waals surface area contributed by atoms with Crippen LogP contribution in [0, 0.1) is 0 Å². The highest BCUT2D eigenvalue weighted by Crippen LogP contribution is 2.43. The second-order valence-electron chi connectivity index (χ2n) is 5.25. The summed E-state index contributed by atoms with van der Waals surface area (Å²) in [6.07, 6.45) is 0. The minimum absolute atomic E-state index is 0.0534. The summed E-state index contributed by atoms with van der Waals surface area (Å²) < 4.78 is 13.1. The molecule has 24 heavy (non-hydrogen) atoms. The first-order chi connectivity index (χ1) is 11.7. The first-order valence-corrected chi connectivity index (χ1v) is 9.03. The third-order valence-electron chi connectivity index (χ3n) is 3.94. The Morgan fingerprint density at radius 2 is 1.46 bits per heavy atom. The molecule has 3 nitrogen and oxygen atoms in total. The predicted molar refractivity (Wildman–Crippen MR) is 100 cm³/mol. The average molecular weight is 354 g/mol. The van der Waals surface area contributed by atoms with E-state index in [4.69, 9.17) is 9.47 Å². The van der Waals surface area contributed by atoms with Gasteiger partial charge in [0.2, 0.25) is 5.78 Å². The molecule has 0 aliphatic rings. The van der Waals surface area contributed by atoms with Crippen LogP contribution in [0.2, 0.25) is 0 Å². The summed E-state index contributed by atoms with van der Waals surface area (Å²) in [6.45, 7) is 0. The molecule has 0 saturated carbocycles. The van der Waals surface area contributed by atoms with Gasteiger partial charge in [-0.2, -0.15) is 0 Å². The lowest BCUT2D eigenvalue weighted by Gasteiger charge is -2.04. The number of ether oxygens (including phenoxy) is 2. The van der Waals surface area contributed by atoms with Gasteiger partial charge in [0.25, 0.3) is 0 Å². The molecule has 2 aromatic carbocycles. The van der Waals surface area contributed by atoms with E-state index in [1.165, 1.54) is 22.7 Å². The van der Waals surface area contributed by atoms with Gasteiger partial charge in [-0.15, -0.1) is 11.3 Å². The van der Waals surface area contributed by atoms with Crippen molar-refractivity contribution in [2.75, 3.05) is 14.2 Å². The van der Waals surface area contributed by atoms with Crippen molar-refractivity contribution in [2.24, 2.45) is 0 Å². The predicted octanol–water partition coefficient (Wildman–Crippen LogP) is 5.36. The number of carbonyl (C=O) groups excluding carboxylic acids is 1. The van der Waals surface area contributed by atoms with Crippen molar-refractivity contribution in [2.45, 2.75) is 0 Å². The van der Waals surface area contributed by atoms with Crippen LogP contribution in [0.1, 0.15) is 15.2 Å². The van der Waals surface area contributed by atoms with Crippen molar-refractivity contribution in [3.63, 3.8) is 0 Å². The van der Waals surface area contributed by atoms with E-state index in [0.717, 1.165) is 20.2 Å². The molecule has 0 unspecified atom stereocenters. The van der Waals surface area contributed by atoms with Crippen LogP contribution >= 0.6 is 22.7 Å². The Balaban J connectivity index is 1.97. The molecule has 0 radical (unpaired) electrons. The van der Waals surface area contributed by atoms with Crippen molar-refractivity contribution in [3.8, 4) is 10.8 Å². The van der Waals surface area contributed by atoms with Gasteiger partial charge >= 0.3 is 0 Å². The molecule has 120 valence electrons. The molecular formula is C19H14O3S2. The van der Waals surface area contributed by atoms with Gasteiger partial charge in [0.05, 0.1) is 19.8 Å². The van der Waals surface area contributed by atoms with Crippen molar-refractivity contribution < 1.29 is 14.3 Å². The van der Waals surface area contributed by atoms with Gasteiger partial charge in [-0.1, -0.05) is 41.7 Å². The number of hydrogen-bond donors (Lipinski definition) is 0. The lowest BCUT2D eigenvalue weighted by atomic mass is 10.1. The van der Waals surface area contributed by atoms with Crippen LogP contribution in [-0.2, 0) is 0 Å². The van der Waals surface area contributed by atoms with Crippen LogP contribution in [0.5, 0.6) is 10.8 Å². The molecule has 4 aromatic rings. The molecule has 0 amide bonds. The Morgan fingerprint density at radius 3 is 2.12 bits per heavy atom. The lowest BCUT2D eigenvalue weighted by Crippen LogP contribution is -2.02. The van der Waals surface area contributed by atoms with Crippen molar-refractivity contribution >= 4 is 48.6 Å². The van der Waals surface area contributed by atoms with Crippen LogP contribution in [0.25, 0.3) is 20.2 Å². The molecule has 2 aromatic heterocycles. The fourth-order valence-corrected chi connectivity index (χ4v) is 5.00. The van der Waals surface area contributed by atoms with E-state index in [1.807, 2.05) is 48.5 Å². The molecule has 0 N–H and O–H groups in total. The van der Waals surface area contributed by atoms with Crippen molar-refractivity contribution in [3.05, 3.63) is 59.0 Å². The van der Waals surface area contributed by atoms with Crippen LogP contribution in [0.3, 0.4) is 0 Å². The Labute approximate surface area is 147 Å². The van der Waals surface area contributed by atoms with E-state index in [9.17, 15) is 4.79 Å². The zero-order valence-corrected chi connectivity index (χ0v) is 14.8. The highest BCUT2D eigenvalue weighted by molar-refractivity contribution is 7.22. The van der Waals surface area contributed by atoms with Gasteiger partial charge in [0, 0.05) is 20.2 Å². The number of benzene rings is 2. The van der Waals surface area contributed by atoms with E-state index in [1.54, 1.807) is 14.2 Å². The highest BCUT2D eigenvalue weighted by Gasteiger charge is 2.26. The summed E-state index contributed by atoms with van der Waals surface area (Å²) >= 11 is 2.95. The van der Waals surface area contributed by atoms with Crippen molar-refractivity contribution in [1.29, 1.82) is 0 Å². The maximum Gasteiger partial charge on any atom is 0.212 e. The minimum Gasteiger partial charge on any atom is -0.494 e. The Hall–Kier alpha value is -2.37. The maximum atomic E-state index is 13.3. The zero-order chi connectivity index (χ0) is 16.7. The normalized spacial score (nSPS) is 11.1. The van der Waals surface area contributed by atoms with Crippen LogP contribution < -0.4 is 9.47 Å². The summed E-state index contributed by atoms with van der Waals surface area (Å²) in [5.74, 6) is 0.584. The smallest absolute Gasteiger partial charge is 0.212 e. The lowest BCUT2D eigenvalue weighted by molar-refractivity contribution is 0.103. The topological polar surface area (TPSA) is 35.5 Å². The second kappa shape index (κ2) is 5.92. The third kappa shape index (κ3) is 2.20. The number of carbonyl (C=O) groups is 1. The molecule has 0 saturated heterocycles. The largest absolute Gasteiger partial charge is 0.494 e. The molecule has 5 heteroatoms.